The standard InChI is InChI=1S/C34H35FN6O3/c35-28-16-22(18-36)3-4-26(28)19-40-12-1-2-24-5-7-29(38-33(24)40)23-9-13-39(14-10-23)21-32-37-30-8-6-25(34(42)43)17-31(30)41(32)20-27-11-15-44-27/h3-8,16-17,23,27H,1-2,9-15,19-21H2,(H,42,43)/t27-/m0/s1. The van der Waals surface area contributed by atoms with Crippen LogP contribution in [0.2, 0.25) is 0 Å². The number of aromatic carboxylic acids is 1. The van der Waals surface area contributed by atoms with Gasteiger partial charge < -0.3 is 19.3 Å². The van der Waals surface area contributed by atoms with Crippen molar-refractivity contribution in [2.24, 2.45) is 0 Å². The smallest absolute Gasteiger partial charge is 0.335 e. The summed E-state index contributed by atoms with van der Waals surface area (Å²) in [6.45, 7) is 5.20. The molecule has 5 heterocycles. The molecule has 0 saturated carbocycles. The molecule has 10 heteroatoms. The summed E-state index contributed by atoms with van der Waals surface area (Å²) >= 11 is 0. The third-order valence-electron chi connectivity index (χ3n) is 9.32. The van der Waals surface area contributed by atoms with Gasteiger partial charge in [0.1, 0.15) is 17.5 Å². The maximum Gasteiger partial charge on any atom is 0.335 e. The summed E-state index contributed by atoms with van der Waals surface area (Å²) in [4.78, 5) is 26.3. The van der Waals surface area contributed by atoms with Crippen molar-refractivity contribution in [1.29, 1.82) is 5.26 Å². The second kappa shape index (κ2) is 12.0. The molecule has 2 fully saturated rings. The number of halogens is 1. The number of benzene rings is 2. The number of aromatic nitrogens is 3. The lowest BCUT2D eigenvalue weighted by molar-refractivity contribution is -0.0592. The summed E-state index contributed by atoms with van der Waals surface area (Å²) in [5.74, 6) is 0.938. The van der Waals surface area contributed by atoms with Gasteiger partial charge >= 0.3 is 5.97 Å². The zero-order valence-electron chi connectivity index (χ0n) is 24.6. The summed E-state index contributed by atoms with van der Waals surface area (Å²) in [5.41, 5.74) is 5.11. The molecule has 1 N–H and O–H groups in total. The third kappa shape index (κ3) is 5.65. The molecule has 3 aliphatic rings. The van der Waals surface area contributed by atoms with Gasteiger partial charge in [0.15, 0.2) is 0 Å². The van der Waals surface area contributed by atoms with Crippen molar-refractivity contribution in [3.63, 3.8) is 0 Å². The molecule has 0 amide bonds. The van der Waals surface area contributed by atoms with Crippen molar-refractivity contribution in [3.05, 3.63) is 88.1 Å². The highest BCUT2D eigenvalue weighted by Crippen LogP contribution is 2.33. The molecule has 2 aromatic carbocycles. The number of carbonyl (C=O) groups is 1. The van der Waals surface area contributed by atoms with E-state index in [1.165, 1.54) is 11.6 Å². The molecule has 9 nitrogen and oxygen atoms in total. The zero-order valence-corrected chi connectivity index (χ0v) is 24.6. The van der Waals surface area contributed by atoms with Crippen molar-refractivity contribution in [3.8, 4) is 6.07 Å². The minimum atomic E-state index is -0.941. The van der Waals surface area contributed by atoms with Crippen LogP contribution in [0.15, 0.2) is 48.5 Å². The van der Waals surface area contributed by atoms with Gasteiger partial charge in [-0.25, -0.2) is 19.2 Å². The number of rotatable bonds is 8. The molecule has 2 saturated heterocycles. The van der Waals surface area contributed by atoms with E-state index < -0.39 is 5.97 Å². The van der Waals surface area contributed by atoms with Gasteiger partial charge in [0.25, 0.3) is 0 Å². The van der Waals surface area contributed by atoms with Crippen molar-refractivity contribution >= 4 is 22.8 Å². The Labute approximate surface area is 255 Å². The number of pyridine rings is 1. The van der Waals surface area contributed by atoms with Crippen molar-refractivity contribution < 1.29 is 19.0 Å². The molecule has 0 bridgehead atoms. The van der Waals surface area contributed by atoms with E-state index in [2.05, 4.69) is 26.5 Å². The average molecular weight is 595 g/mol. The van der Waals surface area contributed by atoms with Crippen molar-refractivity contribution in [2.75, 3.05) is 31.1 Å². The van der Waals surface area contributed by atoms with Crippen LogP contribution in [-0.2, 0) is 30.8 Å². The topological polar surface area (TPSA) is 108 Å². The molecule has 0 spiro atoms. The fraction of sp³-hybridized carbons (Fsp3) is 0.412. The molecule has 3 aliphatic heterocycles. The first-order valence-corrected chi connectivity index (χ1v) is 15.4. The van der Waals surface area contributed by atoms with Crippen molar-refractivity contribution in [1.82, 2.24) is 19.4 Å². The number of anilines is 1. The normalized spacial score (nSPS) is 19.0. The number of imidazole rings is 1. The molecular formula is C34H35FN6O3. The maximum absolute atomic E-state index is 14.7. The molecule has 2 aromatic heterocycles. The molecule has 0 unspecified atom stereocenters. The summed E-state index contributed by atoms with van der Waals surface area (Å²) in [6, 6.07) is 16.2. The Kier molecular flexibility index (Phi) is 7.75. The van der Waals surface area contributed by atoms with Gasteiger partial charge in [0.05, 0.1) is 47.4 Å². The second-order valence-electron chi connectivity index (χ2n) is 12.1. The van der Waals surface area contributed by atoms with Crippen LogP contribution < -0.4 is 4.90 Å². The van der Waals surface area contributed by atoms with Crippen LogP contribution in [0.1, 0.15) is 70.2 Å². The Morgan fingerprint density at radius 2 is 1.89 bits per heavy atom. The lowest BCUT2D eigenvalue weighted by Gasteiger charge is -2.34. The fourth-order valence-corrected chi connectivity index (χ4v) is 6.71. The molecule has 4 aromatic rings. The SMILES string of the molecule is N#Cc1ccc(CN2CCCc3ccc(C4CCN(Cc5nc6ccc(C(=O)O)cc6n5C[C@@H]5CCO5)CC4)nc32)c(F)c1. The Morgan fingerprint density at radius 1 is 1.05 bits per heavy atom. The lowest BCUT2D eigenvalue weighted by Crippen LogP contribution is -2.35. The van der Waals surface area contributed by atoms with Gasteiger partial charge in [0, 0.05) is 36.9 Å². The summed E-state index contributed by atoms with van der Waals surface area (Å²) < 4.78 is 22.6. The Balaban J connectivity index is 1.05. The van der Waals surface area contributed by atoms with E-state index in [1.54, 1.807) is 30.3 Å². The zero-order chi connectivity index (χ0) is 30.2. The van der Waals surface area contributed by atoms with E-state index in [0.717, 1.165) is 86.7 Å². The van der Waals surface area contributed by atoms with Crippen LogP contribution in [-0.4, -0.2) is 62.9 Å². The van der Waals surface area contributed by atoms with Gasteiger partial charge in [-0.05, 0) is 87.2 Å². The van der Waals surface area contributed by atoms with Gasteiger partial charge in [-0.3, -0.25) is 4.90 Å². The highest BCUT2D eigenvalue weighted by molar-refractivity contribution is 5.92. The van der Waals surface area contributed by atoms with Gasteiger partial charge in [-0.2, -0.15) is 5.26 Å². The Hall–Kier alpha value is -4.33. The van der Waals surface area contributed by atoms with E-state index >= 15 is 0 Å². The number of aryl methyl sites for hydroxylation is 1. The number of nitriles is 1. The molecule has 44 heavy (non-hydrogen) atoms. The first-order chi connectivity index (χ1) is 21.4. The van der Waals surface area contributed by atoms with E-state index in [-0.39, 0.29) is 17.5 Å². The maximum atomic E-state index is 14.7. The number of hydrogen-bond donors (Lipinski definition) is 1. The van der Waals surface area contributed by atoms with Crippen molar-refractivity contribution in [2.45, 2.75) is 63.8 Å². The predicted octanol–water partition coefficient (Wildman–Crippen LogP) is 5.26. The van der Waals surface area contributed by atoms with E-state index in [0.29, 0.717) is 36.7 Å². The number of carboxylic acids is 1. The minimum Gasteiger partial charge on any atom is -0.478 e. The monoisotopic (exact) mass is 594 g/mol. The minimum absolute atomic E-state index is 0.133. The van der Waals surface area contributed by atoms with Gasteiger partial charge in [-0.15, -0.1) is 0 Å². The first kappa shape index (κ1) is 28.4. The average Bonchev–Trinajstić information content (AvgIpc) is 3.35. The quantitative estimate of drug-likeness (QED) is 0.294. The number of ether oxygens (including phenoxy) is 1. The number of likely N-dealkylation sites (tertiary alicyclic amines) is 1. The number of piperidine rings is 1. The van der Waals surface area contributed by atoms with Crippen LogP contribution in [0.25, 0.3) is 11.0 Å². The summed E-state index contributed by atoms with van der Waals surface area (Å²) in [5, 5.41) is 18.6. The summed E-state index contributed by atoms with van der Waals surface area (Å²) in [7, 11) is 0. The molecule has 226 valence electrons. The highest BCUT2D eigenvalue weighted by Gasteiger charge is 2.28. The van der Waals surface area contributed by atoms with Gasteiger partial charge in [0.2, 0.25) is 0 Å². The first-order valence-electron chi connectivity index (χ1n) is 15.4. The third-order valence-corrected chi connectivity index (χ3v) is 9.32. The van der Waals surface area contributed by atoms with Crippen LogP contribution in [0, 0.1) is 17.1 Å². The van der Waals surface area contributed by atoms with E-state index in [9.17, 15) is 14.3 Å². The second-order valence-corrected chi connectivity index (χ2v) is 12.1. The van der Waals surface area contributed by atoms with Crippen LogP contribution in [0.5, 0.6) is 0 Å². The van der Waals surface area contributed by atoms with Crippen LogP contribution in [0.4, 0.5) is 10.2 Å². The number of carboxylic acid groups (broad SMARTS) is 1. The van der Waals surface area contributed by atoms with Crippen LogP contribution in [0.3, 0.4) is 0 Å². The Bertz CT molecular complexity index is 1750. The van der Waals surface area contributed by atoms with Gasteiger partial charge in [-0.1, -0.05) is 12.1 Å². The molecule has 7 rings (SSSR count). The Morgan fingerprint density at radius 3 is 2.61 bits per heavy atom. The molecule has 0 aliphatic carbocycles. The molecule has 0 radical (unpaired) electrons. The molecule has 1 atom stereocenters. The summed E-state index contributed by atoms with van der Waals surface area (Å²) in [6.07, 6.45) is 5.05. The number of nitrogens with zero attached hydrogens (tertiary/aromatic N) is 6. The predicted molar refractivity (Wildman–Crippen MR) is 163 cm³/mol. The highest BCUT2D eigenvalue weighted by atomic mass is 19.1. The van der Waals surface area contributed by atoms with E-state index in [4.69, 9.17) is 20.0 Å². The van der Waals surface area contributed by atoms with Crippen LogP contribution >= 0.6 is 0 Å². The number of fused-ring (bicyclic) bond motifs is 2. The van der Waals surface area contributed by atoms with E-state index in [1.807, 2.05) is 6.07 Å². The lowest BCUT2D eigenvalue weighted by atomic mass is 9.92. The fourth-order valence-electron chi connectivity index (χ4n) is 6.71. The largest absolute Gasteiger partial charge is 0.478 e. The number of hydrogen-bond acceptors (Lipinski definition) is 7. The molecular weight excluding hydrogens is 559 g/mol.